The van der Waals surface area contributed by atoms with E-state index in [-0.39, 0.29) is 11.6 Å². The number of carbonyl (C=O) groups excluding carboxylic acids is 1. The van der Waals surface area contributed by atoms with Crippen LogP contribution in [0.2, 0.25) is 5.02 Å². The Kier molecular flexibility index (Phi) is 5.39. The maximum Gasteiger partial charge on any atom is 0.270 e. The molecule has 1 amide bonds. The SMILES string of the molecule is CN(CCOc1ccccc1Cl)C(=O)c1cc2cc([N+](=O)[O-])ccc2s1. The molecule has 0 saturated heterocycles. The van der Waals surface area contributed by atoms with Gasteiger partial charge in [-0.25, -0.2) is 0 Å². The third-order valence-electron chi connectivity index (χ3n) is 3.79. The van der Waals surface area contributed by atoms with E-state index < -0.39 is 4.92 Å². The minimum absolute atomic E-state index is 0.00999. The molecule has 0 fully saturated rings. The van der Waals surface area contributed by atoms with E-state index in [1.165, 1.54) is 23.5 Å². The molecule has 0 spiro atoms. The standard InChI is InChI=1S/C18H15ClN2O4S/c1-20(8-9-25-15-5-3-2-4-14(15)19)18(22)17-11-12-10-13(21(23)24)6-7-16(12)26-17/h2-7,10-11H,8-9H2,1H3. The fourth-order valence-corrected chi connectivity index (χ4v) is 3.62. The van der Waals surface area contributed by atoms with Gasteiger partial charge >= 0.3 is 0 Å². The Bertz CT molecular complexity index is 973. The van der Waals surface area contributed by atoms with Crippen LogP contribution in [-0.2, 0) is 0 Å². The number of para-hydroxylation sites is 1. The van der Waals surface area contributed by atoms with Crippen molar-refractivity contribution in [2.75, 3.05) is 20.2 Å². The third-order valence-corrected chi connectivity index (χ3v) is 5.21. The molecule has 0 N–H and O–H groups in total. The summed E-state index contributed by atoms with van der Waals surface area (Å²) < 4.78 is 6.43. The predicted octanol–water partition coefficient (Wildman–Crippen LogP) is 4.61. The van der Waals surface area contributed by atoms with Crippen LogP contribution in [0, 0.1) is 10.1 Å². The largest absolute Gasteiger partial charge is 0.490 e. The first-order chi connectivity index (χ1) is 12.5. The van der Waals surface area contributed by atoms with Crippen LogP contribution < -0.4 is 4.74 Å². The van der Waals surface area contributed by atoms with E-state index in [1.54, 1.807) is 36.2 Å². The molecule has 134 valence electrons. The summed E-state index contributed by atoms with van der Waals surface area (Å²) in [6.07, 6.45) is 0. The van der Waals surface area contributed by atoms with Crippen LogP contribution in [0.5, 0.6) is 5.75 Å². The number of nitro groups is 1. The van der Waals surface area contributed by atoms with Crippen LogP contribution in [0.25, 0.3) is 10.1 Å². The van der Waals surface area contributed by atoms with Gasteiger partial charge in [0.25, 0.3) is 11.6 Å². The number of nitrogens with zero attached hydrogens (tertiary/aromatic N) is 2. The van der Waals surface area contributed by atoms with E-state index in [4.69, 9.17) is 16.3 Å². The van der Waals surface area contributed by atoms with Gasteiger partial charge < -0.3 is 9.64 Å². The highest BCUT2D eigenvalue weighted by atomic mass is 35.5. The zero-order chi connectivity index (χ0) is 18.7. The Balaban J connectivity index is 1.65. The van der Waals surface area contributed by atoms with Gasteiger partial charge in [-0.05, 0) is 24.3 Å². The Morgan fingerprint density at radius 1 is 1.27 bits per heavy atom. The summed E-state index contributed by atoms with van der Waals surface area (Å²) in [5.74, 6) is 0.417. The molecular formula is C18H15ClN2O4S. The predicted molar refractivity (Wildman–Crippen MR) is 102 cm³/mol. The number of carbonyl (C=O) groups is 1. The minimum Gasteiger partial charge on any atom is -0.490 e. The number of hydrogen-bond acceptors (Lipinski definition) is 5. The highest BCUT2D eigenvalue weighted by Gasteiger charge is 2.16. The number of benzene rings is 2. The molecule has 0 bridgehead atoms. The van der Waals surface area contributed by atoms with Crippen molar-refractivity contribution in [3.8, 4) is 5.75 Å². The van der Waals surface area contributed by atoms with Gasteiger partial charge in [0.05, 0.1) is 21.4 Å². The number of fused-ring (bicyclic) bond motifs is 1. The Hall–Kier alpha value is -2.64. The van der Waals surface area contributed by atoms with Gasteiger partial charge in [-0.15, -0.1) is 11.3 Å². The van der Waals surface area contributed by atoms with Crippen molar-refractivity contribution >= 4 is 44.6 Å². The van der Waals surface area contributed by atoms with Crippen LogP contribution >= 0.6 is 22.9 Å². The Morgan fingerprint density at radius 2 is 2.04 bits per heavy atom. The lowest BCUT2D eigenvalue weighted by molar-refractivity contribution is -0.384. The van der Waals surface area contributed by atoms with Crippen LogP contribution in [0.15, 0.2) is 48.5 Å². The van der Waals surface area contributed by atoms with Crippen LogP contribution in [0.1, 0.15) is 9.67 Å². The van der Waals surface area contributed by atoms with Gasteiger partial charge in [0.15, 0.2) is 0 Å². The van der Waals surface area contributed by atoms with Gasteiger partial charge in [-0.1, -0.05) is 23.7 Å². The molecule has 6 nitrogen and oxygen atoms in total. The summed E-state index contributed by atoms with van der Waals surface area (Å²) in [6.45, 7) is 0.695. The summed E-state index contributed by atoms with van der Waals surface area (Å²) in [5, 5.41) is 12.1. The molecule has 3 rings (SSSR count). The van der Waals surface area contributed by atoms with Gasteiger partial charge in [0.1, 0.15) is 12.4 Å². The smallest absolute Gasteiger partial charge is 0.270 e. The molecule has 0 saturated carbocycles. The maximum absolute atomic E-state index is 12.6. The average molecular weight is 391 g/mol. The van der Waals surface area contributed by atoms with E-state index >= 15 is 0 Å². The van der Waals surface area contributed by atoms with E-state index in [2.05, 4.69) is 0 Å². The fourth-order valence-electron chi connectivity index (χ4n) is 2.39. The summed E-state index contributed by atoms with van der Waals surface area (Å²) in [7, 11) is 1.69. The molecule has 26 heavy (non-hydrogen) atoms. The zero-order valence-electron chi connectivity index (χ0n) is 13.8. The number of nitro benzene ring substituents is 1. The van der Waals surface area contributed by atoms with E-state index in [0.717, 1.165) is 4.70 Å². The average Bonchev–Trinajstić information content (AvgIpc) is 3.05. The number of non-ortho nitro benzene ring substituents is 1. The summed E-state index contributed by atoms with van der Waals surface area (Å²) >= 11 is 7.34. The van der Waals surface area contributed by atoms with Crippen LogP contribution in [-0.4, -0.2) is 35.9 Å². The van der Waals surface area contributed by atoms with Crippen molar-refractivity contribution in [3.05, 3.63) is 68.5 Å². The van der Waals surface area contributed by atoms with Gasteiger partial charge in [0, 0.05) is 29.3 Å². The first-order valence-electron chi connectivity index (χ1n) is 7.76. The molecule has 0 atom stereocenters. The molecular weight excluding hydrogens is 376 g/mol. The number of halogens is 1. The van der Waals surface area contributed by atoms with Crippen LogP contribution in [0.4, 0.5) is 5.69 Å². The lowest BCUT2D eigenvalue weighted by Gasteiger charge is -2.16. The molecule has 0 aliphatic carbocycles. The lowest BCUT2D eigenvalue weighted by Crippen LogP contribution is -2.30. The van der Waals surface area contributed by atoms with Gasteiger partial charge in [0.2, 0.25) is 0 Å². The van der Waals surface area contributed by atoms with Crippen molar-refractivity contribution in [2.45, 2.75) is 0 Å². The van der Waals surface area contributed by atoms with Gasteiger partial charge in [-0.2, -0.15) is 0 Å². The van der Waals surface area contributed by atoms with Crippen molar-refractivity contribution in [2.24, 2.45) is 0 Å². The van der Waals surface area contributed by atoms with E-state index in [1.807, 2.05) is 12.1 Å². The summed E-state index contributed by atoms with van der Waals surface area (Å²) in [5.41, 5.74) is 0.00999. The number of thiophene rings is 1. The quantitative estimate of drug-likeness (QED) is 0.455. The molecule has 0 radical (unpaired) electrons. The number of amides is 1. The number of ether oxygens (including phenoxy) is 1. The second-order valence-electron chi connectivity index (χ2n) is 5.60. The van der Waals surface area contributed by atoms with Crippen molar-refractivity contribution in [1.29, 1.82) is 0 Å². The Morgan fingerprint density at radius 3 is 2.77 bits per heavy atom. The first-order valence-corrected chi connectivity index (χ1v) is 8.96. The topological polar surface area (TPSA) is 72.7 Å². The fraction of sp³-hybridized carbons (Fsp3) is 0.167. The molecule has 0 aliphatic rings. The highest BCUT2D eigenvalue weighted by Crippen LogP contribution is 2.29. The lowest BCUT2D eigenvalue weighted by atomic mass is 10.2. The molecule has 0 unspecified atom stereocenters. The van der Waals surface area contributed by atoms with Gasteiger partial charge in [-0.3, -0.25) is 14.9 Å². The number of likely N-dealkylation sites (N-methyl/N-ethyl adjacent to an activating group) is 1. The monoisotopic (exact) mass is 390 g/mol. The Labute approximate surface area is 158 Å². The molecule has 2 aromatic carbocycles. The molecule has 1 aromatic heterocycles. The van der Waals surface area contributed by atoms with Crippen LogP contribution in [0.3, 0.4) is 0 Å². The second kappa shape index (κ2) is 7.72. The second-order valence-corrected chi connectivity index (χ2v) is 7.09. The zero-order valence-corrected chi connectivity index (χ0v) is 15.4. The first kappa shape index (κ1) is 18.2. The molecule has 1 heterocycles. The third kappa shape index (κ3) is 3.95. The van der Waals surface area contributed by atoms with Crippen molar-refractivity contribution in [1.82, 2.24) is 4.90 Å². The van der Waals surface area contributed by atoms with E-state index in [0.29, 0.717) is 34.2 Å². The summed E-state index contributed by atoms with van der Waals surface area (Å²) in [6, 6.07) is 13.4. The molecule has 8 heteroatoms. The normalized spacial score (nSPS) is 10.7. The number of rotatable bonds is 6. The molecule has 3 aromatic rings. The van der Waals surface area contributed by atoms with Crippen molar-refractivity contribution < 1.29 is 14.5 Å². The summed E-state index contributed by atoms with van der Waals surface area (Å²) in [4.78, 5) is 25.1. The number of hydrogen-bond donors (Lipinski definition) is 0. The van der Waals surface area contributed by atoms with E-state index in [9.17, 15) is 14.9 Å². The minimum atomic E-state index is -0.448. The maximum atomic E-state index is 12.6. The highest BCUT2D eigenvalue weighted by molar-refractivity contribution is 7.20. The van der Waals surface area contributed by atoms with Crippen molar-refractivity contribution in [3.63, 3.8) is 0 Å². The molecule has 0 aliphatic heterocycles.